The third-order valence-electron chi connectivity index (χ3n) is 5.49. The number of anilines is 1. The molecule has 3 aromatic rings. The van der Waals surface area contributed by atoms with Crippen molar-refractivity contribution in [1.82, 2.24) is 5.32 Å². The van der Waals surface area contributed by atoms with Crippen molar-refractivity contribution in [2.45, 2.75) is 6.17 Å². The van der Waals surface area contributed by atoms with Gasteiger partial charge < -0.3 is 19.7 Å². The molecule has 7 heteroatoms. The van der Waals surface area contributed by atoms with Crippen LogP contribution in [0.5, 0.6) is 11.5 Å². The minimum atomic E-state index is -1.06. The van der Waals surface area contributed by atoms with Gasteiger partial charge in [0.1, 0.15) is 0 Å². The number of amides is 2. The van der Waals surface area contributed by atoms with E-state index in [0.29, 0.717) is 17.2 Å². The second-order valence-corrected chi connectivity index (χ2v) is 7.62. The fraction of sp³-hybridized carbons (Fsp3) is 0.115. The molecule has 0 radical (unpaired) electrons. The number of fused-ring (bicyclic) bond motifs is 2. The lowest BCUT2D eigenvalue weighted by Gasteiger charge is -2.20. The van der Waals surface area contributed by atoms with Gasteiger partial charge in [-0.1, -0.05) is 54.6 Å². The topological polar surface area (TPSA) is 80.2 Å². The molecule has 3 aromatic carbocycles. The summed E-state index contributed by atoms with van der Waals surface area (Å²) in [5.41, 5.74) is 3.85. The molecule has 2 amide bonds. The van der Waals surface area contributed by atoms with Gasteiger partial charge in [0.25, 0.3) is 5.91 Å². The van der Waals surface area contributed by atoms with Crippen molar-refractivity contribution in [3.8, 4) is 11.5 Å². The quantitative estimate of drug-likeness (QED) is 0.632. The summed E-state index contributed by atoms with van der Waals surface area (Å²) < 4.78 is 10.7. The highest BCUT2D eigenvalue weighted by molar-refractivity contribution is 6.20. The number of benzene rings is 3. The highest BCUT2D eigenvalue weighted by atomic mass is 16.7. The Labute approximate surface area is 191 Å². The number of rotatable bonds is 4. The van der Waals surface area contributed by atoms with Gasteiger partial charge in [-0.2, -0.15) is 0 Å². The molecule has 1 unspecified atom stereocenters. The van der Waals surface area contributed by atoms with Crippen LogP contribution in [0, 0.1) is 0 Å². The van der Waals surface area contributed by atoms with Gasteiger partial charge in [-0.25, -0.2) is 4.99 Å². The van der Waals surface area contributed by atoms with Crippen LogP contribution in [0.2, 0.25) is 0 Å². The van der Waals surface area contributed by atoms with Gasteiger partial charge in [0.2, 0.25) is 18.9 Å². The number of hydrogen-bond acceptors (Lipinski definition) is 5. The zero-order valence-corrected chi connectivity index (χ0v) is 17.9. The van der Waals surface area contributed by atoms with E-state index in [1.165, 1.54) is 11.0 Å². The van der Waals surface area contributed by atoms with Crippen LogP contribution in [0.3, 0.4) is 0 Å². The first-order chi connectivity index (χ1) is 16.1. The first kappa shape index (κ1) is 20.5. The SMILES string of the molecule is CN1C(=O)C(NC(=O)/C=C/c2ccc3c(c2)OCO3)N=C(c2ccccc2)c2ccccc21. The molecular weight excluding hydrogens is 418 g/mol. The molecule has 1 N–H and O–H groups in total. The molecule has 2 aliphatic heterocycles. The van der Waals surface area contributed by atoms with Crippen molar-refractivity contribution in [1.29, 1.82) is 0 Å². The molecule has 0 aromatic heterocycles. The van der Waals surface area contributed by atoms with Gasteiger partial charge in [-0.05, 0) is 29.8 Å². The number of para-hydroxylation sites is 1. The average molecular weight is 439 g/mol. The van der Waals surface area contributed by atoms with Crippen molar-refractivity contribution < 1.29 is 19.1 Å². The van der Waals surface area contributed by atoms with Crippen LogP contribution in [0.25, 0.3) is 6.08 Å². The van der Waals surface area contributed by atoms with Crippen LogP contribution in [-0.2, 0) is 9.59 Å². The predicted molar refractivity (Wildman–Crippen MR) is 125 cm³/mol. The van der Waals surface area contributed by atoms with Crippen LogP contribution in [0.15, 0.2) is 83.9 Å². The van der Waals surface area contributed by atoms with E-state index in [4.69, 9.17) is 9.47 Å². The van der Waals surface area contributed by atoms with E-state index in [2.05, 4.69) is 10.3 Å². The number of aliphatic imine (C=N–C) groups is 1. The van der Waals surface area contributed by atoms with E-state index in [9.17, 15) is 9.59 Å². The number of nitrogens with one attached hydrogen (secondary N) is 1. The highest BCUT2D eigenvalue weighted by Crippen LogP contribution is 2.33. The molecule has 0 aliphatic carbocycles. The molecule has 164 valence electrons. The molecule has 0 spiro atoms. The van der Waals surface area contributed by atoms with E-state index in [0.717, 1.165) is 22.4 Å². The summed E-state index contributed by atoms with van der Waals surface area (Å²) in [4.78, 5) is 32.1. The Kier molecular flexibility index (Phi) is 5.36. The maximum Gasteiger partial charge on any atom is 0.272 e. The van der Waals surface area contributed by atoms with E-state index >= 15 is 0 Å². The predicted octanol–water partition coefficient (Wildman–Crippen LogP) is 3.38. The lowest BCUT2D eigenvalue weighted by Crippen LogP contribution is -2.45. The Morgan fingerprint density at radius 1 is 1.03 bits per heavy atom. The summed E-state index contributed by atoms with van der Waals surface area (Å²) in [6.45, 7) is 0.185. The lowest BCUT2D eigenvalue weighted by molar-refractivity contribution is -0.124. The molecule has 33 heavy (non-hydrogen) atoms. The van der Waals surface area contributed by atoms with Gasteiger partial charge in [-0.3, -0.25) is 9.59 Å². The Morgan fingerprint density at radius 2 is 1.79 bits per heavy atom. The monoisotopic (exact) mass is 439 g/mol. The smallest absolute Gasteiger partial charge is 0.272 e. The van der Waals surface area contributed by atoms with Crippen LogP contribution < -0.4 is 19.7 Å². The molecule has 1 atom stereocenters. The third-order valence-corrected chi connectivity index (χ3v) is 5.49. The van der Waals surface area contributed by atoms with Crippen LogP contribution in [-0.4, -0.2) is 37.5 Å². The van der Waals surface area contributed by atoms with E-state index < -0.39 is 12.1 Å². The van der Waals surface area contributed by atoms with Crippen molar-refractivity contribution in [2.24, 2.45) is 4.99 Å². The summed E-state index contributed by atoms with van der Waals surface area (Å²) >= 11 is 0. The molecule has 0 fully saturated rings. The Hall–Kier alpha value is -4.39. The molecule has 7 nitrogen and oxygen atoms in total. The number of carbonyl (C=O) groups is 2. The maximum atomic E-state index is 13.2. The molecule has 2 aliphatic rings. The zero-order chi connectivity index (χ0) is 22.8. The molecular formula is C26H21N3O4. The van der Waals surface area contributed by atoms with Crippen molar-refractivity contribution in [3.63, 3.8) is 0 Å². The minimum Gasteiger partial charge on any atom is -0.454 e. The van der Waals surface area contributed by atoms with Crippen LogP contribution >= 0.6 is 0 Å². The van der Waals surface area contributed by atoms with Gasteiger partial charge in [0, 0.05) is 24.3 Å². The molecule has 5 rings (SSSR count). The number of likely N-dealkylation sites (N-methyl/N-ethyl adjacent to an activating group) is 1. The van der Waals surface area contributed by atoms with Gasteiger partial charge in [0.05, 0.1) is 11.4 Å². The molecule has 0 bridgehead atoms. The number of ether oxygens (including phenoxy) is 2. The van der Waals surface area contributed by atoms with Gasteiger partial charge in [0.15, 0.2) is 11.5 Å². The largest absolute Gasteiger partial charge is 0.454 e. The fourth-order valence-electron chi connectivity index (χ4n) is 3.81. The number of benzodiazepines with no additional fused rings is 1. The number of carbonyl (C=O) groups excluding carboxylic acids is 2. The van der Waals surface area contributed by atoms with Crippen molar-refractivity contribution in [2.75, 3.05) is 18.7 Å². The van der Waals surface area contributed by atoms with Crippen molar-refractivity contribution in [3.05, 3.63) is 95.6 Å². The molecule has 0 saturated carbocycles. The standard InChI is InChI=1S/C26H21N3O4/c1-29-20-10-6-5-9-19(20)24(18-7-3-2-4-8-18)28-25(26(29)31)27-23(30)14-12-17-11-13-21-22(15-17)33-16-32-21/h2-15,25H,16H2,1H3,(H,27,30)/b14-12+. The van der Waals surface area contributed by atoms with E-state index in [1.54, 1.807) is 25.3 Å². The summed E-state index contributed by atoms with van der Waals surface area (Å²) in [6, 6.07) is 22.6. The normalized spacial score (nSPS) is 16.9. The third kappa shape index (κ3) is 4.08. The lowest BCUT2D eigenvalue weighted by atomic mass is 10.0. The Bertz CT molecular complexity index is 1280. The zero-order valence-electron chi connectivity index (χ0n) is 17.9. The summed E-state index contributed by atoms with van der Waals surface area (Å²) in [7, 11) is 1.69. The Balaban J connectivity index is 1.43. The van der Waals surface area contributed by atoms with Crippen molar-refractivity contribution >= 4 is 29.3 Å². The molecule has 2 heterocycles. The highest BCUT2D eigenvalue weighted by Gasteiger charge is 2.30. The van der Waals surface area contributed by atoms with Crippen LogP contribution in [0.4, 0.5) is 5.69 Å². The first-order valence-electron chi connectivity index (χ1n) is 10.5. The van der Waals surface area contributed by atoms with E-state index in [1.807, 2.05) is 60.7 Å². The van der Waals surface area contributed by atoms with E-state index in [-0.39, 0.29) is 12.7 Å². The number of hydrogen-bond donors (Lipinski definition) is 1. The van der Waals surface area contributed by atoms with Crippen LogP contribution in [0.1, 0.15) is 16.7 Å². The summed E-state index contributed by atoms with van der Waals surface area (Å²) in [6.07, 6.45) is 1.96. The minimum absolute atomic E-state index is 0.185. The van der Waals surface area contributed by atoms with Gasteiger partial charge in [-0.15, -0.1) is 0 Å². The Morgan fingerprint density at radius 3 is 2.64 bits per heavy atom. The fourth-order valence-corrected chi connectivity index (χ4v) is 3.81. The molecule has 0 saturated heterocycles. The summed E-state index contributed by atoms with van der Waals surface area (Å²) in [5, 5.41) is 2.74. The second kappa shape index (κ2) is 8.63. The average Bonchev–Trinajstić information content (AvgIpc) is 3.29. The summed E-state index contributed by atoms with van der Waals surface area (Å²) in [5.74, 6) is 0.554. The maximum absolute atomic E-state index is 13.2. The second-order valence-electron chi connectivity index (χ2n) is 7.62. The number of nitrogens with zero attached hydrogens (tertiary/aromatic N) is 2. The van der Waals surface area contributed by atoms with Gasteiger partial charge >= 0.3 is 0 Å². The first-order valence-corrected chi connectivity index (χ1v) is 10.5.